The monoisotopic (exact) mass is 444 g/mol. The molecule has 4 aromatic rings. The minimum absolute atomic E-state index is 0.127. The quantitative estimate of drug-likeness (QED) is 0.479. The largest absolute Gasteiger partial charge is 0.482 e. The molecule has 0 spiro atoms. The van der Waals surface area contributed by atoms with E-state index in [4.69, 9.17) is 9.15 Å². The lowest BCUT2D eigenvalue weighted by Gasteiger charge is -2.30. The minimum atomic E-state index is -0.749. The number of hydrogen-bond acceptors (Lipinski definition) is 5. The zero-order valence-electron chi connectivity index (χ0n) is 17.2. The van der Waals surface area contributed by atoms with Crippen molar-refractivity contribution in [3.63, 3.8) is 0 Å². The van der Waals surface area contributed by atoms with Crippen LogP contribution in [0.1, 0.15) is 15.9 Å². The third-order valence-corrected chi connectivity index (χ3v) is 5.30. The number of anilines is 2. The summed E-state index contributed by atoms with van der Waals surface area (Å²) in [5, 5.41) is 3.30. The van der Waals surface area contributed by atoms with Crippen LogP contribution < -0.4 is 20.6 Å². The van der Waals surface area contributed by atoms with Crippen LogP contribution in [-0.4, -0.2) is 18.4 Å². The van der Waals surface area contributed by atoms with Gasteiger partial charge in [0.05, 0.1) is 12.2 Å². The number of carbonyl (C=O) groups is 2. The van der Waals surface area contributed by atoms with Crippen LogP contribution in [0.3, 0.4) is 0 Å². The summed E-state index contributed by atoms with van der Waals surface area (Å²) in [6.07, 6.45) is 0. The lowest BCUT2D eigenvalue weighted by Crippen LogP contribution is -2.38. The number of nitrogens with one attached hydrogen (secondary N) is 1. The zero-order valence-corrected chi connectivity index (χ0v) is 17.2. The third kappa shape index (κ3) is 4.06. The second-order valence-electron chi connectivity index (χ2n) is 7.52. The van der Waals surface area contributed by atoms with Gasteiger partial charge in [-0.05, 0) is 48.0 Å². The molecule has 5 rings (SSSR count). The number of nitrogens with zero attached hydrogens (tertiary/aromatic N) is 1. The highest BCUT2D eigenvalue weighted by Crippen LogP contribution is 2.35. The van der Waals surface area contributed by atoms with Crippen LogP contribution in [0.25, 0.3) is 11.0 Å². The van der Waals surface area contributed by atoms with E-state index in [1.165, 1.54) is 23.1 Å². The highest BCUT2D eigenvalue weighted by atomic mass is 19.1. The molecular formula is C25H17FN2O5. The molecule has 0 bridgehead atoms. The van der Waals surface area contributed by atoms with Gasteiger partial charge in [-0.2, -0.15) is 0 Å². The fourth-order valence-corrected chi connectivity index (χ4v) is 3.64. The van der Waals surface area contributed by atoms with Gasteiger partial charge in [0.25, 0.3) is 11.8 Å². The first-order valence-corrected chi connectivity index (χ1v) is 10.1. The average Bonchev–Trinajstić information content (AvgIpc) is 2.81. The Bertz CT molecular complexity index is 1450. The number of halogens is 1. The van der Waals surface area contributed by atoms with Gasteiger partial charge in [-0.1, -0.05) is 30.3 Å². The SMILES string of the molecule is O=C(Nc1ccc2c(c1)N(Cc1ccc(F)cc1)C(=O)CO2)c1cc2ccccc2oc1=O. The molecule has 1 N–H and O–H groups in total. The van der Waals surface area contributed by atoms with E-state index in [1.807, 2.05) is 0 Å². The number of fused-ring (bicyclic) bond motifs is 2. The summed E-state index contributed by atoms with van der Waals surface area (Å²) in [6, 6.07) is 19.1. The Morgan fingerprint density at radius 2 is 1.79 bits per heavy atom. The fraction of sp³-hybridized carbons (Fsp3) is 0.0800. The lowest BCUT2D eigenvalue weighted by atomic mass is 10.1. The van der Waals surface area contributed by atoms with E-state index in [9.17, 15) is 18.8 Å². The van der Waals surface area contributed by atoms with Gasteiger partial charge in [0.2, 0.25) is 0 Å². The number of rotatable bonds is 4. The molecule has 7 nitrogen and oxygen atoms in total. The van der Waals surface area contributed by atoms with Crippen LogP contribution >= 0.6 is 0 Å². The molecule has 164 valence electrons. The molecule has 0 atom stereocenters. The van der Waals surface area contributed by atoms with E-state index >= 15 is 0 Å². The van der Waals surface area contributed by atoms with Gasteiger partial charge in [0.1, 0.15) is 22.7 Å². The molecule has 0 aliphatic carbocycles. The maximum atomic E-state index is 13.2. The van der Waals surface area contributed by atoms with Crippen LogP contribution in [0.4, 0.5) is 15.8 Å². The number of para-hydroxylation sites is 1. The van der Waals surface area contributed by atoms with Crippen LogP contribution in [0, 0.1) is 5.82 Å². The van der Waals surface area contributed by atoms with Gasteiger partial charge in [0, 0.05) is 11.1 Å². The Morgan fingerprint density at radius 1 is 1.00 bits per heavy atom. The van der Waals surface area contributed by atoms with E-state index in [1.54, 1.807) is 54.6 Å². The van der Waals surface area contributed by atoms with Crippen LogP contribution in [0.5, 0.6) is 5.75 Å². The smallest absolute Gasteiger partial charge is 0.349 e. The van der Waals surface area contributed by atoms with Gasteiger partial charge in [0.15, 0.2) is 6.61 Å². The second kappa shape index (κ2) is 8.23. The van der Waals surface area contributed by atoms with Gasteiger partial charge in [-0.3, -0.25) is 9.59 Å². The highest BCUT2D eigenvalue weighted by Gasteiger charge is 2.26. The Kier molecular flexibility index (Phi) is 5.10. The van der Waals surface area contributed by atoms with E-state index in [-0.39, 0.29) is 30.4 Å². The van der Waals surface area contributed by atoms with Crippen molar-refractivity contribution >= 4 is 34.2 Å². The van der Waals surface area contributed by atoms with Crippen LogP contribution in [0.2, 0.25) is 0 Å². The van der Waals surface area contributed by atoms with Crippen molar-refractivity contribution in [2.24, 2.45) is 0 Å². The van der Waals surface area contributed by atoms with Crippen molar-refractivity contribution in [3.8, 4) is 5.75 Å². The average molecular weight is 444 g/mol. The predicted molar refractivity (Wildman–Crippen MR) is 120 cm³/mol. The molecule has 1 aliphatic rings. The van der Waals surface area contributed by atoms with Gasteiger partial charge >= 0.3 is 5.63 Å². The maximum absolute atomic E-state index is 13.2. The molecule has 1 aliphatic heterocycles. The van der Waals surface area contributed by atoms with E-state index in [0.717, 1.165) is 5.56 Å². The fourth-order valence-electron chi connectivity index (χ4n) is 3.64. The van der Waals surface area contributed by atoms with Gasteiger partial charge < -0.3 is 19.4 Å². The molecule has 2 heterocycles. The number of carbonyl (C=O) groups excluding carboxylic acids is 2. The van der Waals surface area contributed by atoms with Crippen molar-refractivity contribution in [2.75, 3.05) is 16.8 Å². The minimum Gasteiger partial charge on any atom is -0.482 e. The van der Waals surface area contributed by atoms with Gasteiger partial charge in [-0.15, -0.1) is 0 Å². The Morgan fingerprint density at radius 3 is 2.61 bits per heavy atom. The molecular weight excluding hydrogens is 427 g/mol. The first-order valence-electron chi connectivity index (χ1n) is 10.1. The Labute approximate surface area is 187 Å². The summed E-state index contributed by atoms with van der Waals surface area (Å²) in [5.41, 5.74) is 1.07. The number of hydrogen-bond donors (Lipinski definition) is 1. The molecule has 0 unspecified atom stereocenters. The molecule has 8 heteroatoms. The summed E-state index contributed by atoms with van der Waals surface area (Å²) >= 11 is 0. The molecule has 1 aromatic heterocycles. The molecule has 2 amide bonds. The Hall–Kier alpha value is -4.46. The molecule has 0 fully saturated rings. The van der Waals surface area contributed by atoms with Crippen molar-refractivity contribution in [1.29, 1.82) is 0 Å². The van der Waals surface area contributed by atoms with E-state index in [2.05, 4.69) is 5.32 Å². The molecule has 0 radical (unpaired) electrons. The topological polar surface area (TPSA) is 88.8 Å². The normalized spacial score (nSPS) is 12.9. The predicted octanol–water partition coefficient (Wildman–Crippen LogP) is 4.11. The standard InChI is InChI=1S/C25H17FN2O5/c26-17-7-5-15(6-8-17)13-28-20-12-18(9-10-22(20)32-14-23(28)29)27-24(30)19-11-16-3-1-2-4-21(16)33-25(19)31/h1-12H,13-14H2,(H,27,30). The Balaban J connectivity index is 1.44. The zero-order chi connectivity index (χ0) is 22.9. The number of benzene rings is 3. The second-order valence-corrected chi connectivity index (χ2v) is 7.52. The summed E-state index contributed by atoms with van der Waals surface area (Å²) < 4.78 is 24.0. The molecule has 0 saturated carbocycles. The van der Waals surface area contributed by atoms with E-state index in [0.29, 0.717) is 28.1 Å². The first-order chi connectivity index (χ1) is 16.0. The van der Waals surface area contributed by atoms with Crippen LogP contribution in [-0.2, 0) is 11.3 Å². The van der Waals surface area contributed by atoms with Crippen molar-refractivity contribution in [2.45, 2.75) is 6.54 Å². The molecule has 3 aromatic carbocycles. The van der Waals surface area contributed by atoms with Crippen molar-refractivity contribution in [1.82, 2.24) is 0 Å². The first kappa shape index (κ1) is 20.4. The maximum Gasteiger partial charge on any atom is 0.349 e. The summed E-state index contributed by atoms with van der Waals surface area (Å²) in [6.45, 7) is 0.0825. The molecule has 33 heavy (non-hydrogen) atoms. The number of amides is 2. The summed E-state index contributed by atoms with van der Waals surface area (Å²) in [5.74, 6) is -0.802. The summed E-state index contributed by atoms with van der Waals surface area (Å²) in [7, 11) is 0. The lowest BCUT2D eigenvalue weighted by molar-refractivity contribution is -0.121. The summed E-state index contributed by atoms with van der Waals surface area (Å²) in [4.78, 5) is 39.1. The highest BCUT2D eigenvalue weighted by molar-refractivity contribution is 6.06. The van der Waals surface area contributed by atoms with E-state index < -0.39 is 11.5 Å². The molecule has 0 saturated heterocycles. The van der Waals surface area contributed by atoms with Crippen molar-refractivity contribution < 1.29 is 23.1 Å². The van der Waals surface area contributed by atoms with Crippen molar-refractivity contribution in [3.05, 3.63) is 100 Å². The number of ether oxygens (including phenoxy) is 1. The van der Waals surface area contributed by atoms with Crippen LogP contribution in [0.15, 0.2) is 82.0 Å². The third-order valence-electron chi connectivity index (χ3n) is 5.30. The van der Waals surface area contributed by atoms with Gasteiger partial charge in [-0.25, -0.2) is 9.18 Å².